The predicted molar refractivity (Wildman–Crippen MR) is 79.0 cm³/mol. The maximum atomic E-state index is 12.4. The first-order chi connectivity index (χ1) is 8.66. The summed E-state index contributed by atoms with van der Waals surface area (Å²) < 4.78 is 26.1. The zero-order valence-corrected chi connectivity index (χ0v) is 13.0. The lowest BCUT2D eigenvalue weighted by Gasteiger charge is -2.20. The van der Waals surface area contributed by atoms with Crippen molar-refractivity contribution < 1.29 is 8.42 Å². The molecule has 0 amide bonds. The van der Waals surface area contributed by atoms with Gasteiger partial charge in [-0.25, -0.2) is 8.42 Å². The lowest BCUT2D eigenvalue weighted by atomic mass is 10.1. The van der Waals surface area contributed by atoms with Crippen LogP contribution in [0.25, 0.3) is 0 Å². The molecule has 0 aromatic heterocycles. The molecule has 0 unspecified atom stereocenters. The molecular formula is C14H22N2O2S. The zero-order valence-electron chi connectivity index (χ0n) is 12.2. The molecule has 1 aromatic carbocycles. The molecule has 0 bridgehead atoms. The molecule has 106 valence electrons. The summed E-state index contributed by atoms with van der Waals surface area (Å²) in [5, 5.41) is 0. The lowest BCUT2D eigenvalue weighted by Crippen LogP contribution is -2.30. The Labute approximate surface area is 116 Å². The van der Waals surface area contributed by atoms with Crippen molar-refractivity contribution in [1.29, 1.82) is 0 Å². The molecule has 0 spiro atoms. The summed E-state index contributed by atoms with van der Waals surface area (Å²) >= 11 is 0. The van der Waals surface area contributed by atoms with Gasteiger partial charge in [0.05, 0.1) is 16.8 Å². The van der Waals surface area contributed by atoms with Crippen LogP contribution in [0.4, 0.5) is 0 Å². The van der Waals surface area contributed by atoms with E-state index in [0.29, 0.717) is 11.4 Å². The first kappa shape index (κ1) is 15.7. The predicted octanol–water partition coefficient (Wildman–Crippen LogP) is 2.83. The van der Waals surface area contributed by atoms with Gasteiger partial charge in [-0.05, 0) is 46.8 Å². The fourth-order valence-electron chi connectivity index (χ4n) is 1.40. The van der Waals surface area contributed by atoms with Crippen LogP contribution in [-0.2, 0) is 10.0 Å². The Kier molecular flexibility index (Phi) is 4.74. The van der Waals surface area contributed by atoms with Gasteiger partial charge in [-0.1, -0.05) is 17.7 Å². The van der Waals surface area contributed by atoms with Gasteiger partial charge in [0.25, 0.3) is 10.0 Å². The number of hydrogen-bond acceptors (Lipinski definition) is 3. The van der Waals surface area contributed by atoms with Crippen molar-refractivity contribution in [2.24, 2.45) is 4.99 Å². The quantitative estimate of drug-likeness (QED) is 0.630. The molecule has 0 heterocycles. The molecule has 19 heavy (non-hydrogen) atoms. The van der Waals surface area contributed by atoms with Crippen molar-refractivity contribution in [2.75, 3.05) is 6.54 Å². The average molecular weight is 282 g/mol. The summed E-state index contributed by atoms with van der Waals surface area (Å²) in [7, 11) is -3.51. The van der Waals surface area contributed by atoms with Crippen molar-refractivity contribution in [1.82, 2.24) is 4.31 Å². The van der Waals surface area contributed by atoms with Crippen LogP contribution >= 0.6 is 0 Å². The van der Waals surface area contributed by atoms with E-state index >= 15 is 0 Å². The Balaban J connectivity index is 3.09. The number of benzene rings is 1. The number of sulfonamides is 1. The van der Waals surface area contributed by atoms with Crippen LogP contribution in [0.5, 0.6) is 0 Å². The Morgan fingerprint density at radius 3 is 2.16 bits per heavy atom. The highest BCUT2D eigenvalue weighted by atomic mass is 32.2. The molecule has 0 saturated carbocycles. The molecule has 4 nitrogen and oxygen atoms in total. The summed E-state index contributed by atoms with van der Waals surface area (Å²) in [5.41, 5.74) is 0.737. The third kappa shape index (κ3) is 4.35. The molecule has 1 aromatic rings. The average Bonchev–Trinajstić information content (AvgIpc) is 2.28. The van der Waals surface area contributed by atoms with Crippen molar-refractivity contribution in [3.05, 3.63) is 29.8 Å². The Hall–Kier alpha value is -1.36. The maximum Gasteiger partial charge on any atom is 0.265 e. The minimum absolute atomic E-state index is 0.292. The smallest absolute Gasteiger partial charge is 0.265 e. The Morgan fingerprint density at radius 1 is 1.21 bits per heavy atom. The highest BCUT2D eigenvalue weighted by molar-refractivity contribution is 7.89. The van der Waals surface area contributed by atoms with Crippen LogP contribution in [0.1, 0.15) is 33.3 Å². The van der Waals surface area contributed by atoms with Crippen LogP contribution in [0.3, 0.4) is 0 Å². The van der Waals surface area contributed by atoms with Crippen LogP contribution in [0.2, 0.25) is 0 Å². The first-order valence-electron chi connectivity index (χ1n) is 6.30. The molecule has 0 aliphatic heterocycles. The van der Waals surface area contributed by atoms with Crippen molar-refractivity contribution in [3.8, 4) is 0 Å². The summed E-state index contributed by atoms with van der Waals surface area (Å²) in [6, 6.07) is 6.83. The Morgan fingerprint density at radius 2 is 1.74 bits per heavy atom. The van der Waals surface area contributed by atoms with Gasteiger partial charge in [0.1, 0.15) is 0 Å². The van der Waals surface area contributed by atoms with E-state index in [1.54, 1.807) is 31.2 Å². The summed E-state index contributed by atoms with van der Waals surface area (Å²) in [4.78, 5) is 4.55. The molecule has 0 aliphatic rings. The molecular weight excluding hydrogens is 260 g/mol. The van der Waals surface area contributed by atoms with E-state index < -0.39 is 10.0 Å². The van der Waals surface area contributed by atoms with Gasteiger partial charge in [-0.15, -0.1) is 0 Å². The molecule has 0 N–H and O–H groups in total. The number of nitrogens with zero attached hydrogens (tertiary/aromatic N) is 2. The summed E-state index contributed by atoms with van der Waals surface area (Å²) in [5.74, 6) is 0. The van der Waals surface area contributed by atoms with Crippen molar-refractivity contribution >= 4 is 16.4 Å². The Bertz CT molecular complexity index is 540. The third-order valence-corrected chi connectivity index (χ3v) is 4.35. The normalized spacial score (nSPS) is 12.9. The minimum Gasteiger partial charge on any atom is -0.269 e. The maximum absolute atomic E-state index is 12.4. The van der Waals surface area contributed by atoms with E-state index in [-0.39, 0.29) is 5.54 Å². The summed E-state index contributed by atoms with van der Waals surface area (Å²) in [6.07, 6.45) is 1.41. The van der Waals surface area contributed by atoms with Gasteiger partial charge in [-0.3, -0.25) is 9.30 Å². The van der Waals surface area contributed by atoms with Crippen LogP contribution in [-0.4, -0.2) is 31.1 Å². The highest BCUT2D eigenvalue weighted by Crippen LogP contribution is 2.16. The van der Waals surface area contributed by atoms with Crippen molar-refractivity contribution in [2.45, 2.75) is 45.1 Å². The largest absolute Gasteiger partial charge is 0.269 e. The van der Waals surface area contributed by atoms with Gasteiger partial charge < -0.3 is 0 Å². The van der Waals surface area contributed by atoms with Crippen molar-refractivity contribution in [3.63, 3.8) is 0 Å². The molecule has 0 fully saturated rings. The second-order valence-corrected chi connectivity index (χ2v) is 7.33. The summed E-state index contributed by atoms with van der Waals surface area (Å²) in [6.45, 7) is 9.85. The fourth-order valence-corrected chi connectivity index (χ4v) is 2.66. The van der Waals surface area contributed by atoms with Gasteiger partial charge in [0, 0.05) is 6.54 Å². The van der Waals surface area contributed by atoms with Gasteiger partial charge in [-0.2, -0.15) is 0 Å². The van der Waals surface area contributed by atoms with Crippen LogP contribution in [0.15, 0.2) is 34.2 Å². The number of aliphatic imine (C=N–C) groups is 1. The second-order valence-electron chi connectivity index (χ2n) is 5.44. The third-order valence-electron chi connectivity index (χ3n) is 2.51. The second kappa shape index (κ2) is 5.74. The minimum atomic E-state index is -3.51. The SMILES string of the molecule is CCN(C=NC(C)(C)C)S(=O)(=O)c1ccc(C)cc1. The topological polar surface area (TPSA) is 49.7 Å². The standard InChI is InChI=1S/C14H22N2O2S/c1-6-16(11-15-14(3,4)5)19(17,18)13-9-7-12(2)8-10-13/h7-11H,6H2,1-5H3. The van der Waals surface area contributed by atoms with E-state index in [1.165, 1.54) is 10.6 Å². The first-order valence-corrected chi connectivity index (χ1v) is 7.74. The van der Waals surface area contributed by atoms with Gasteiger partial charge >= 0.3 is 0 Å². The highest BCUT2D eigenvalue weighted by Gasteiger charge is 2.21. The molecule has 0 radical (unpaired) electrons. The van der Waals surface area contributed by atoms with E-state index in [0.717, 1.165) is 5.56 Å². The van der Waals surface area contributed by atoms with Gasteiger partial charge in [0.15, 0.2) is 0 Å². The van der Waals surface area contributed by atoms with Crippen LogP contribution < -0.4 is 0 Å². The fraction of sp³-hybridized carbons (Fsp3) is 0.500. The molecule has 0 aliphatic carbocycles. The van der Waals surface area contributed by atoms with Crippen LogP contribution in [0, 0.1) is 6.92 Å². The van der Waals surface area contributed by atoms with E-state index in [4.69, 9.17) is 0 Å². The van der Waals surface area contributed by atoms with E-state index in [9.17, 15) is 8.42 Å². The number of aryl methyl sites for hydroxylation is 1. The lowest BCUT2D eigenvalue weighted by molar-refractivity contribution is 0.526. The molecule has 5 heteroatoms. The number of hydrogen-bond donors (Lipinski definition) is 0. The van der Waals surface area contributed by atoms with E-state index in [1.807, 2.05) is 27.7 Å². The van der Waals surface area contributed by atoms with Gasteiger partial charge in [0.2, 0.25) is 0 Å². The van der Waals surface area contributed by atoms with E-state index in [2.05, 4.69) is 4.99 Å². The zero-order chi connectivity index (χ0) is 14.7. The number of rotatable bonds is 4. The molecule has 1 rings (SSSR count). The molecule has 0 saturated heterocycles. The monoisotopic (exact) mass is 282 g/mol. The molecule has 0 atom stereocenters.